The van der Waals surface area contributed by atoms with Gasteiger partial charge in [0.25, 0.3) is 11.6 Å². The van der Waals surface area contributed by atoms with Crippen LogP contribution in [0.4, 0.5) is 11.4 Å². The quantitative estimate of drug-likeness (QED) is 0.163. The van der Waals surface area contributed by atoms with Gasteiger partial charge in [0, 0.05) is 46.7 Å². The van der Waals surface area contributed by atoms with Gasteiger partial charge < -0.3 is 9.47 Å². The van der Waals surface area contributed by atoms with E-state index in [2.05, 4.69) is 22.4 Å². The Morgan fingerprint density at radius 2 is 1.76 bits per heavy atom. The Labute approximate surface area is 219 Å². The van der Waals surface area contributed by atoms with E-state index in [4.69, 9.17) is 0 Å². The lowest BCUT2D eigenvalue weighted by Crippen LogP contribution is -2.39. The average molecular weight is 512 g/mol. The van der Waals surface area contributed by atoms with Gasteiger partial charge in [-0.25, -0.2) is 5.43 Å². The molecule has 1 aliphatic rings. The van der Waals surface area contributed by atoms with Crippen LogP contribution in [-0.4, -0.2) is 34.2 Å². The Kier molecular flexibility index (Phi) is 7.17. The zero-order chi connectivity index (χ0) is 26.6. The highest BCUT2D eigenvalue weighted by Crippen LogP contribution is 2.31. The van der Waals surface area contributed by atoms with Crippen LogP contribution >= 0.6 is 0 Å². The van der Waals surface area contributed by atoms with E-state index in [0.717, 1.165) is 37.9 Å². The number of rotatable bonds is 7. The van der Waals surface area contributed by atoms with Gasteiger partial charge in [0.05, 0.1) is 22.2 Å². The van der Waals surface area contributed by atoms with Crippen molar-refractivity contribution in [3.8, 4) is 0 Å². The molecule has 0 spiro atoms. The SMILES string of the molecule is CC[C@@H]1CCCCN1c1ccc([N+](=O)[O-])cc1/C=N\NC(=O)Cn1c2ccccc2c(=O)c2ccccc21. The van der Waals surface area contributed by atoms with Crippen LogP contribution in [0.5, 0.6) is 0 Å². The predicted octanol–water partition coefficient (Wildman–Crippen LogP) is 4.98. The van der Waals surface area contributed by atoms with E-state index in [0.29, 0.717) is 33.4 Å². The summed E-state index contributed by atoms with van der Waals surface area (Å²) in [4.78, 5) is 39.2. The van der Waals surface area contributed by atoms with Crippen LogP contribution in [0.15, 0.2) is 76.6 Å². The molecule has 1 amide bonds. The minimum Gasteiger partial charge on any atom is -0.368 e. The lowest BCUT2D eigenvalue weighted by Gasteiger charge is -2.38. The highest BCUT2D eigenvalue weighted by Gasteiger charge is 2.24. The molecule has 0 aliphatic carbocycles. The molecule has 4 aromatic rings. The number of amides is 1. The number of hydrogen-bond acceptors (Lipinski definition) is 6. The predicted molar refractivity (Wildman–Crippen MR) is 150 cm³/mol. The zero-order valence-corrected chi connectivity index (χ0v) is 21.2. The normalized spacial score (nSPS) is 15.8. The highest BCUT2D eigenvalue weighted by molar-refractivity contribution is 5.95. The van der Waals surface area contributed by atoms with Crippen molar-refractivity contribution < 1.29 is 9.72 Å². The van der Waals surface area contributed by atoms with Crippen molar-refractivity contribution in [2.24, 2.45) is 5.10 Å². The molecule has 9 heteroatoms. The minimum absolute atomic E-state index is 0.0298. The molecule has 1 aliphatic heterocycles. The van der Waals surface area contributed by atoms with E-state index >= 15 is 0 Å². The maximum absolute atomic E-state index is 13.0. The second kappa shape index (κ2) is 10.8. The van der Waals surface area contributed by atoms with E-state index in [1.807, 2.05) is 24.3 Å². The van der Waals surface area contributed by atoms with E-state index in [-0.39, 0.29) is 23.6 Å². The van der Waals surface area contributed by atoms with E-state index in [1.54, 1.807) is 34.9 Å². The van der Waals surface area contributed by atoms with Gasteiger partial charge in [-0.3, -0.25) is 19.7 Å². The summed E-state index contributed by atoms with van der Waals surface area (Å²) in [5, 5.41) is 16.7. The summed E-state index contributed by atoms with van der Waals surface area (Å²) in [7, 11) is 0. The van der Waals surface area contributed by atoms with Gasteiger partial charge in [0.1, 0.15) is 6.54 Å². The topological polar surface area (TPSA) is 110 Å². The Hall–Kier alpha value is -4.53. The van der Waals surface area contributed by atoms with Gasteiger partial charge in [-0.15, -0.1) is 0 Å². The number of hydrazone groups is 1. The number of nitrogens with zero attached hydrogens (tertiary/aromatic N) is 4. The number of piperidine rings is 1. The summed E-state index contributed by atoms with van der Waals surface area (Å²) in [5.41, 5.74) is 5.24. The van der Waals surface area contributed by atoms with E-state index in [1.165, 1.54) is 18.3 Å². The minimum atomic E-state index is -0.431. The molecular formula is C29H29N5O4. The maximum atomic E-state index is 13.0. The number of pyridine rings is 1. The number of anilines is 1. The van der Waals surface area contributed by atoms with Crippen molar-refractivity contribution >= 4 is 45.3 Å². The van der Waals surface area contributed by atoms with Crippen molar-refractivity contribution in [3.05, 3.63) is 92.6 Å². The van der Waals surface area contributed by atoms with Gasteiger partial charge in [-0.1, -0.05) is 31.2 Å². The molecule has 3 aromatic carbocycles. The van der Waals surface area contributed by atoms with E-state index < -0.39 is 4.92 Å². The van der Waals surface area contributed by atoms with Gasteiger partial charge in [0.2, 0.25) is 0 Å². The molecule has 0 saturated carbocycles. The van der Waals surface area contributed by atoms with Gasteiger partial charge in [-0.2, -0.15) is 5.10 Å². The van der Waals surface area contributed by atoms with Crippen LogP contribution in [0, 0.1) is 10.1 Å². The van der Waals surface area contributed by atoms with Crippen molar-refractivity contribution in [2.45, 2.75) is 45.2 Å². The number of aromatic nitrogens is 1. The summed E-state index contributed by atoms with van der Waals surface area (Å²) in [6, 6.07) is 19.5. The fourth-order valence-corrected chi connectivity index (χ4v) is 5.36. The second-order valence-electron chi connectivity index (χ2n) is 9.49. The van der Waals surface area contributed by atoms with Crippen LogP contribution in [-0.2, 0) is 11.3 Å². The summed E-state index contributed by atoms with van der Waals surface area (Å²) < 4.78 is 1.80. The number of fused-ring (bicyclic) bond motifs is 2. The summed E-state index contributed by atoms with van der Waals surface area (Å²) >= 11 is 0. The van der Waals surface area contributed by atoms with Gasteiger partial charge >= 0.3 is 0 Å². The first kappa shape index (κ1) is 25.1. The number of benzene rings is 3. The number of nitro benzene ring substituents is 1. The molecule has 1 fully saturated rings. The Morgan fingerprint density at radius 1 is 1.08 bits per heavy atom. The smallest absolute Gasteiger partial charge is 0.270 e. The molecule has 194 valence electrons. The lowest BCUT2D eigenvalue weighted by molar-refractivity contribution is -0.384. The fraction of sp³-hybridized carbons (Fsp3) is 0.276. The summed E-state index contributed by atoms with van der Waals surface area (Å²) in [5.74, 6) is -0.378. The Bertz CT molecular complexity index is 1550. The van der Waals surface area contributed by atoms with Gasteiger partial charge in [-0.05, 0) is 56.0 Å². The van der Waals surface area contributed by atoms with Crippen LogP contribution in [0.1, 0.15) is 38.2 Å². The van der Waals surface area contributed by atoms with E-state index in [9.17, 15) is 19.7 Å². The molecular weight excluding hydrogens is 482 g/mol. The van der Waals surface area contributed by atoms with Crippen LogP contribution in [0.25, 0.3) is 21.8 Å². The summed E-state index contributed by atoms with van der Waals surface area (Å²) in [6.07, 6.45) is 5.74. The third kappa shape index (κ3) is 4.87. The third-order valence-electron chi connectivity index (χ3n) is 7.20. The first-order valence-electron chi connectivity index (χ1n) is 12.8. The number of nitrogens with one attached hydrogen (secondary N) is 1. The molecule has 0 unspecified atom stereocenters. The monoisotopic (exact) mass is 511 g/mol. The molecule has 1 saturated heterocycles. The Balaban J connectivity index is 1.43. The number of carbonyl (C=O) groups is 1. The number of nitro groups is 1. The number of non-ortho nitro benzene ring substituents is 1. The second-order valence-corrected chi connectivity index (χ2v) is 9.49. The highest BCUT2D eigenvalue weighted by atomic mass is 16.6. The molecule has 1 atom stereocenters. The maximum Gasteiger partial charge on any atom is 0.270 e. The molecule has 5 rings (SSSR count). The standard InChI is InChI=1S/C29H29N5O4/c1-2-21-9-7-8-16-32(21)25-15-14-22(34(37)38)17-20(25)18-30-31-28(35)19-33-26-12-5-3-10-23(26)29(36)24-11-4-6-13-27(24)33/h3-6,10-15,17-18,21H,2,7-9,16,19H2,1H3,(H,31,35)/b30-18-/t21-/m1/s1. The van der Waals surface area contributed by atoms with Crippen molar-refractivity contribution in [1.29, 1.82) is 0 Å². The molecule has 9 nitrogen and oxygen atoms in total. The zero-order valence-electron chi connectivity index (χ0n) is 21.2. The molecule has 0 radical (unpaired) electrons. The number of carbonyl (C=O) groups excluding carboxylic acids is 1. The number of para-hydroxylation sites is 2. The molecule has 2 heterocycles. The average Bonchev–Trinajstić information content (AvgIpc) is 2.95. The lowest BCUT2D eigenvalue weighted by atomic mass is 9.98. The fourth-order valence-electron chi connectivity index (χ4n) is 5.36. The molecule has 0 bridgehead atoms. The first-order valence-corrected chi connectivity index (χ1v) is 12.8. The van der Waals surface area contributed by atoms with Crippen LogP contribution < -0.4 is 15.8 Å². The molecule has 38 heavy (non-hydrogen) atoms. The van der Waals surface area contributed by atoms with Crippen molar-refractivity contribution in [2.75, 3.05) is 11.4 Å². The van der Waals surface area contributed by atoms with Crippen molar-refractivity contribution in [3.63, 3.8) is 0 Å². The number of hydrogen-bond donors (Lipinski definition) is 1. The van der Waals surface area contributed by atoms with Crippen LogP contribution in [0.2, 0.25) is 0 Å². The molecule has 1 aromatic heterocycles. The van der Waals surface area contributed by atoms with Gasteiger partial charge in [0.15, 0.2) is 5.43 Å². The summed E-state index contributed by atoms with van der Waals surface area (Å²) in [6.45, 7) is 2.97. The van der Waals surface area contributed by atoms with Crippen molar-refractivity contribution in [1.82, 2.24) is 9.99 Å². The largest absolute Gasteiger partial charge is 0.368 e. The third-order valence-corrected chi connectivity index (χ3v) is 7.20. The van der Waals surface area contributed by atoms with Crippen LogP contribution in [0.3, 0.4) is 0 Å². The molecule has 1 N–H and O–H groups in total. The first-order chi connectivity index (χ1) is 18.5. The Morgan fingerprint density at radius 3 is 2.42 bits per heavy atom.